The Morgan fingerprint density at radius 3 is 2.44 bits per heavy atom. The van der Waals surface area contributed by atoms with Gasteiger partial charge in [0.25, 0.3) is 0 Å². The molecule has 5 rings (SSSR count). The van der Waals surface area contributed by atoms with Crippen LogP contribution >= 0.6 is 0 Å². The SMILES string of the molecule is COc1cccc(C=C[C@@H]2[C@H](N3C(=O)OC[C@@H]3c3ccccc3)C(=O)N2Cc2ccccc2)c1. The maximum absolute atomic E-state index is 13.4. The summed E-state index contributed by atoms with van der Waals surface area (Å²) in [7, 11) is 1.63. The van der Waals surface area contributed by atoms with E-state index < -0.39 is 12.1 Å². The molecule has 34 heavy (non-hydrogen) atoms. The van der Waals surface area contributed by atoms with E-state index in [1.54, 1.807) is 12.0 Å². The molecule has 2 saturated heterocycles. The number of β-lactam (4-membered cyclic amide) rings is 1. The van der Waals surface area contributed by atoms with Crippen molar-refractivity contribution in [2.45, 2.75) is 24.7 Å². The van der Waals surface area contributed by atoms with Crippen molar-refractivity contribution in [2.24, 2.45) is 0 Å². The van der Waals surface area contributed by atoms with Crippen LogP contribution in [0, 0.1) is 0 Å². The number of cyclic esters (lactones) is 1. The topological polar surface area (TPSA) is 59.1 Å². The van der Waals surface area contributed by atoms with Crippen LogP contribution in [0.1, 0.15) is 22.7 Å². The number of nitrogens with zero attached hydrogens (tertiary/aromatic N) is 2. The van der Waals surface area contributed by atoms with Crippen molar-refractivity contribution in [1.82, 2.24) is 9.80 Å². The normalized spacial score (nSPS) is 22.1. The van der Waals surface area contributed by atoms with Gasteiger partial charge in [-0.25, -0.2) is 4.79 Å². The smallest absolute Gasteiger partial charge is 0.411 e. The largest absolute Gasteiger partial charge is 0.497 e. The second-order valence-corrected chi connectivity index (χ2v) is 8.43. The minimum atomic E-state index is -0.620. The zero-order valence-electron chi connectivity index (χ0n) is 18.9. The van der Waals surface area contributed by atoms with Crippen LogP contribution < -0.4 is 4.74 Å². The average molecular weight is 455 g/mol. The van der Waals surface area contributed by atoms with Crippen molar-refractivity contribution in [3.05, 3.63) is 108 Å². The molecule has 0 aromatic heterocycles. The lowest BCUT2D eigenvalue weighted by Gasteiger charge is -2.49. The van der Waals surface area contributed by atoms with E-state index in [-0.39, 0.29) is 24.6 Å². The van der Waals surface area contributed by atoms with Gasteiger partial charge in [0.2, 0.25) is 5.91 Å². The lowest BCUT2D eigenvalue weighted by Crippen LogP contribution is -2.69. The number of likely N-dealkylation sites (tertiary alicyclic amines) is 1. The van der Waals surface area contributed by atoms with E-state index >= 15 is 0 Å². The van der Waals surface area contributed by atoms with E-state index in [0.29, 0.717) is 6.54 Å². The molecule has 6 nitrogen and oxygen atoms in total. The quantitative estimate of drug-likeness (QED) is 0.487. The van der Waals surface area contributed by atoms with Gasteiger partial charge in [-0.1, -0.05) is 84.9 Å². The highest BCUT2D eigenvalue weighted by Gasteiger charge is 2.55. The van der Waals surface area contributed by atoms with Crippen molar-refractivity contribution in [3.63, 3.8) is 0 Å². The molecule has 0 N–H and O–H groups in total. The minimum Gasteiger partial charge on any atom is -0.497 e. The third-order valence-electron chi connectivity index (χ3n) is 6.39. The van der Waals surface area contributed by atoms with Gasteiger partial charge in [-0.2, -0.15) is 0 Å². The van der Waals surface area contributed by atoms with Crippen molar-refractivity contribution in [1.29, 1.82) is 0 Å². The molecule has 2 amide bonds. The number of carbonyl (C=O) groups is 2. The molecule has 3 aromatic rings. The van der Waals surface area contributed by atoms with Crippen molar-refractivity contribution in [2.75, 3.05) is 13.7 Å². The second-order valence-electron chi connectivity index (χ2n) is 8.43. The van der Waals surface area contributed by atoms with Gasteiger partial charge in [0, 0.05) is 6.54 Å². The first-order chi connectivity index (χ1) is 16.7. The van der Waals surface area contributed by atoms with Crippen LogP contribution in [0.5, 0.6) is 5.75 Å². The summed E-state index contributed by atoms with van der Waals surface area (Å²) in [6, 6.07) is 26.1. The van der Waals surface area contributed by atoms with Crippen LogP contribution in [0.4, 0.5) is 4.79 Å². The molecule has 2 aliphatic heterocycles. The van der Waals surface area contributed by atoms with Crippen LogP contribution in [0.3, 0.4) is 0 Å². The fourth-order valence-corrected chi connectivity index (χ4v) is 4.63. The summed E-state index contributed by atoms with van der Waals surface area (Å²) in [6.45, 7) is 0.708. The van der Waals surface area contributed by atoms with Gasteiger partial charge in [0.1, 0.15) is 18.4 Å². The lowest BCUT2D eigenvalue weighted by atomic mass is 9.89. The molecule has 0 bridgehead atoms. The van der Waals surface area contributed by atoms with Gasteiger partial charge in [0.05, 0.1) is 19.2 Å². The molecule has 3 atom stereocenters. The molecule has 2 fully saturated rings. The summed E-state index contributed by atoms with van der Waals surface area (Å²) in [5.41, 5.74) is 2.96. The fraction of sp³-hybridized carbons (Fsp3) is 0.214. The second kappa shape index (κ2) is 9.43. The van der Waals surface area contributed by atoms with Crippen molar-refractivity contribution >= 4 is 18.1 Å². The van der Waals surface area contributed by atoms with E-state index in [0.717, 1.165) is 22.4 Å². The third kappa shape index (κ3) is 4.15. The molecule has 0 unspecified atom stereocenters. The Hall–Kier alpha value is -4.06. The summed E-state index contributed by atoms with van der Waals surface area (Å²) < 4.78 is 10.7. The Bertz CT molecular complexity index is 1200. The molecule has 6 heteroatoms. The van der Waals surface area contributed by atoms with Crippen LogP contribution in [-0.2, 0) is 16.1 Å². The number of hydrogen-bond acceptors (Lipinski definition) is 4. The monoisotopic (exact) mass is 454 g/mol. The molecular weight excluding hydrogens is 428 g/mol. The first kappa shape index (κ1) is 21.8. The number of hydrogen-bond donors (Lipinski definition) is 0. The predicted molar refractivity (Wildman–Crippen MR) is 129 cm³/mol. The molecule has 0 aliphatic carbocycles. The fourth-order valence-electron chi connectivity index (χ4n) is 4.63. The van der Waals surface area contributed by atoms with E-state index in [1.807, 2.05) is 102 Å². The standard InChI is InChI=1S/C28H26N2O4/c1-33-23-14-8-11-20(17-23)15-16-24-26(27(31)29(24)18-21-9-4-2-5-10-21)30-25(19-34-28(30)32)22-12-6-3-7-13-22/h2-17,24-26H,18-19H2,1H3/t24-,25-,26+/m1/s1. The van der Waals surface area contributed by atoms with E-state index in [2.05, 4.69) is 0 Å². The number of rotatable bonds is 7. The maximum Gasteiger partial charge on any atom is 0.411 e. The van der Waals surface area contributed by atoms with Gasteiger partial charge in [-0.15, -0.1) is 0 Å². The minimum absolute atomic E-state index is 0.0797. The summed E-state index contributed by atoms with van der Waals surface area (Å²) in [5, 5.41) is 0. The molecular formula is C28H26N2O4. The van der Waals surface area contributed by atoms with Gasteiger partial charge < -0.3 is 14.4 Å². The Labute approximate surface area is 199 Å². The Kier molecular flexibility index (Phi) is 6.04. The molecule has 0 radical (unpaired) electrons. The number of ether oxygens (including phenoxy) is 2. The number of methoxy groups -OCH3 is 1. The average Bonchev–Trinajstić information content (AvgIpc) is 3.26. The zero-order chi connectivity index (χ0) is 23.5. The van der Waals surface area contributed by atoms with Gasteiger partial charge >= 0.3 is 6.09 Å². The lowest BCUT2D eigenvalue weighted by molar-refractivity contribution is -0.155. The van der Waals surface area contributed by atoms with Crippen molar-refractivity contribution in [3.8, 4) is 5.75 Å². The van der Waals surface area contributed by atoms with Gasteiger partial charge in [0.15, 0.2) is 0 Å². The Morgan fingerprint density at radius 2 is 1.71 bits per heavy atom. The van der Waals surface area contributed by atoms with Crippen molar-refractivity contribution < 1.29 is 19.1 Å². The van der Waals surface area contributed by atoms with Crippen LogP contribution in [0.2, 0.25) is 0 Å². The molecule has 0 spiro atoms. The van der Waals surface area contributed by atoms with E-state index in [9.17, 15) is 9.59 Å². The highest BCUT2D eigenvalue weighted by atomic mass is 16.6. The zero-order valence-corrected chi connectivity index (χ0v) is 18.9. The first-order valence-electron chi connectivity index (χ1n) is 11.3. The molecule has 172 valence electrons. The summed E-state index contributed by atoms with van der Waals surface area (Å²) in [4.78, 5) is 29.6. The van der Waals surface area contributed by atoms with Crippen LogP contribution in [0.15, 0.2) is 91.0 Å². The number of benzene rings is 3. The Morgan fingerprint density at radius 1 is 0.971 bits per heavy atom. The first-order valence-corrected chi connectivity index (χ1v) is 11.3. The highest BCUT2D eigenvalue weighted by molar-refractivity contribution is 5.94. The van der Waals surface area contributed by atoms with E-state index in [1.165, 1.54) is 0 Å². The molecule has 0 saturated carbocycles. The van der Waals surface area contributed by atoms with Gasteiger partial charge in [-0.05, 0) is 28.8 Å². The molecule has 2 heterocycles. The maximum atomic E-state index is 13.4. The predicted octanol–water partition coefficient (Wildman–Crippen LogP) is 4.68. The summed E-state index contributed by atoms with van der Waals surface area (Å²) in [5.74, 6) is 0.681. The van der Waals surface area contributed by atoms with Crippen LogP contribution in [0.25, 0.3) is 6.08 Å². The number of amides is 2. The highest BCUT2D eigenvalue weighted by Crippen LogP contribution is 2.38. The summed E-state index contributed by atoms with van der Waals surface area (Å²) in [6.07, 6.45) is 3.52. The molecule has 2 aliphatic rings. The van der Waals surface area contributed by atoms with Crippen LogP contribution in [-0.4, -0.2) is 47.6 Å². The third-order valence-corrected chi connectivity index (χ3v) is 6.39. The Balaban J connectivity index is 1.46. The number of carbonyl (C=O) groups excluding carboxylic acids is 2. The van der Waals surface area contributed by atoms with E-state index in [4.69, 9.17) is 9.47 Å². The summed E-state index contributed by atoms with van der Waals surface area (Å²) >= 11 is 0. The van der Waals surface area contributed by atoms with Gasteiger partial charge in [-0.3, -0.25) is 9.69 Å². The molecule has 3 aromatic carbocycles.